The second-order valence-electron chi connectivity index (χ2n) is 2.53. The summed E-state index contributed by atoms with van der Waals surface area (Å²) in [5.74, 6) is -4.10. The van der Waals surface area contributed by atoms with Crippen molar-refractivity contribution in [1.29, 1.82) is 0 Å². The van der Waals surface area contributed by atoms with E-state index in [-0.39, 0.29) is 0 Å². The van der Waals surface area contributed by atoms with E-state index < -0.39 is 17.9 Å². The van der Waals surface area contributed by atoms with Gasteiger partial charge in [-0.25, -0.2) is 8.78 Å². The third-order valence-corrected chi connectivity index (χ3v) is 2.59. The Morgan fingerprint density at radius 3 is 2.00 bits per heavy atom. The van der Waals surface area contributed by atoms with Crippen LogP contribution in [-0.2, 0) is 5.92 Å². The van der Waals surface area contributed by atoms with Crippen LogP contribution in [0.5, 0.6) is 0 Å². The van der Waals surface area contributed by atoms with Gasteiger partial charge in [0.2, 0.25) is 0 Å². The van der Waals surface area contributed by atoms with E-state index in [0.717, 1.165) is 23.1 Å². The van der Waals surface area contributed by atoms with Gasteiger partial charge in [0.25, 0.3) is 0 Å². The molecule has 0 saturated heterocycles. The number of alkyl halides is 4. The highest BCUT2D eigenvalue weighted by Crippen LogP contribution is 2.35. The van der Waals surface area contributed by atoms with Gasteiger partial charge in [0, 0.05) is 10.5 Å². The molecule has 0 spiro atoms. The predicted octanol–water partition coefficient (Wildman–Crippen LogP) is 4.29. The summed E-state index contributed by atoms with van der Waals surface area (Å²) < 4.78 is 49.2. The van der Waals surface area contributed by atoms with Gasteiger partial charge in [0.15, 0.2) is 0 Å². The van der Waals surface area contributed by atoms with Gasteiger partial charge in [0.05, 0.1) is 0 Å². The third kappa shape index (κ3) is 2.33. The van der Waals surface area contributed by atoms with Crippen molar-refractivity contribution in [1.82, 2.24) is 0 Å². The first-order chi connectivity index (χ1) is 6.48. The monoisotopic (exact) mass is 244 g/mol. The summed E-state index contributed by atoms with van der Waals surface area (Å²) in [7, 11) is 6.17. The molecule has 0 aliphatic rings. The maximum Gasteiger partial charge on any atom is 0.332 e. The molecule has 0 unspecified atom stereocenters. The van der Waals surface area contributed by atoms with Crippen molar-refractivity contribution >= 4 is 21.7 Å². The molecule has 0 N–H and O–H groups in total. The zero-order valence-electron chi connectivity index (χ0n) is 6.68. The van der Waals surface area contributed by atoms with Crippen LogP contribution in [0.1, 0.15) is 5.56 Å². The summed E-state index contributed by atoms with van der Waals surface area (Å²) in [6, 6.07) is 4.42. The second kappa shape index (κ2) is 4.40. The van der Waals surface area contributed by atoms with E-state index >= 15 is 0 Å². The Morgan fingerprint density at radius 1 is 1.14 bits per heavy atom. The maximum atomic E-state index is 12.7. The lowest BCUT2D eigenvalue weighted by molar-refractivity contribution is -0.135. The Morgan fingerprint density at radius 2 is 1.64 bits per heavy atom. The van der Waals surface area contributed by atoms with E-state index in [1.54, 1.807) is 0 Å². The molecule has 14 heavy (non-hydrogen) atoms. The Labute approximate surface area is 86.8 Å². The van der Waals surface area contributed by atoms with Gasteiger partial charge in [-0.05, 0) is 33.8 Å². The average molecular weight is 245 g/mol. The van der Waals surface area contributed by atoms with E-state index in [2.05, 4.69) is 0 Å². The molecule has 0 aliphatic heterocycles. The van der Waals surface area contributed by atoms with Crippen molar-refractivity contribution in [2.75, 3.05) is 0 Å². The van der Waals surface area contributed by atoms with E-state index in [0.29, 0.717) is 4.90 Å². The molecule has 0 aromatic heterocycles. The van der Waals surface area contributed by atoms with Gasteiger partial charge in [0.1, 0.15) is 0 Å². The summed E-state index contributed by atoms with van der Waals surface area (Å²) in [5.41, 5.74) is -0.707. The zero-order valence-corrected chi connectivity index (χ0v) is 8.26. The molecule has 0 saturated carbocycles. The molecule has 0 radical (unpaired) electrons. The number of hydrogen-bond donors (Lipinski definition) is 0. The quantitative estimate of drug-likeness (QED) is 0.715. The fourth-order valence-electron chi connectivity index (χ4n) is 0.855. The lowest BCUT2D eigenvalue weighted by Gasteiger charge is -2.15. The average Bonchev–Trinajstić information content (AvgIpc) is 2.17. The number of rotatable bonds is 3. The molecule has 1 rings (SSSR count). The third-order valence-electron chi connectivity index (χ3n) is 1.60. The standard InChI is InChI=1S/C8H5ClF4S/c9-14-6-3-1-5(2-4-6)8(12,13)7(10)11/h1-4,7H. The minimum atomic E-state index is -4.10. The number of halogens is 5. The van der Waals surface area contributed by atoms with Crippen LogP contribution in [0.3, 0.4) is 0 Å². The molecular formula is C8H5ClF4S. The largest absolute Gasteiger partial charge is 0.332 e. The molecule has 0 nitrogen and oxygen atoms in total. The van der Waals surface area contributed by atoms with Gasteiger partial charge in [-0.1, -0.05) is 12.1 Å². The van der Waals surface area contributed by atoms with Crippen LogP contribution >= 0.6 is 21.7 Å². The van der Waals surface area contributed by atoms with Crippen molar-refractivity contribution in [3.05, 3.63) is 29.8 Å². The highest BCUT2D eigenvalue weighted by atomic mass is 35.7. The van der Waals surface area contributed by atoms with Crippen LogP contribution in [0, 0.1) is 0 Å². The first-order valence-corrected chi connectivity index (χ1v) is 5.18. The van der Waals surface area contributed by atoms with Crippen LogP contribution in [-0.4, -0.2) is 6.43 Å². The Bertz CT molecular complexity index is 299. The summed E-state index contributed by atoms with van der Waals surface area (Å²) >= 11 is 0. The minimum Gasteiger partial charge on any atom is -0.203 e. The molecule has 6 heteroatoms. The zero-order chi connectivity index (χ0) is 10.8. The van der Waals surface area contributed by atoms with Crippen molar-refractivity contribution in [2.24, 2.45) is 0 Å². The summed E-state index contributed by atoms with van der Waals surface area (Å²) in [4.78, 5) is 0.528. The molecule has 0 fully saturated rings. The lowest BCUT2D eigenvalue weighted by Crippen LogP contribution is -2.23. The Hall–Kier alpha value is -0.420. The van der Waals surface area contributed by atoms with Crippen LogP contribution < -0.4 is 0 Å². The Balaban J connectivity index is 2.97. The van der Waals surface area contributed by atoms with E-state index in [4.69, 9.17) is 10.7 Å². The molecular weight excluding hydrogens is 240 g/mol. The minimum absolute atomic E-state index is 0.528. The van der Waals surface area contributed by atoms with Crippen LogP contribution in [0.15, 0.2) is 29.2 Å². The lowest BCUT2D eigenvalue weighted by atomic mass is 10.1. The molecule has 0 amide bonds. The summed E-state index contributed by atoms with van der Waals surface area (Å²) in [5, 5.41) is 0. The van der Waals surface area contributed by atoms with Crippen molar-refractivity contribution in [2.45, 2.75) is 17.2 Å². The van der Waals surface area contributed by atoms with Gasteiger partial charge in [-0.15, -0.1) is 0 Å². The van der Waals surface area contributed by atoms with Gasteiger partial charge in [-0.3, -0.25) is 0 Å². The molecule has 0 bridgehead atoms. The first kappa shape index (κ1) is 11.7. The summed E-state index contributed by atoms with van der Waals surface area (Å²) in [6.07, 6.45) is -3.70. The second-order valence-corrected chi connectivity index (χ2v) is 3.61. The van der Waals surface area contributed by atoms with Crippen LogP contribution in [0.4, 0.5) is 17.6 Å². The van der Waals surface area contributed by atoms with Crippen LogP contribution in [0.2, 0.25) is 0 Å². The topological polar surface area (TPSA) is 0 Å². The molecule has 1 aromatic rings. The normalized spacial score (nSPS) is 12.1. The number of benzene rings is 1. The predicted molar refractivity (Wildman–Crippen MR) is 48.1 cm³/mol. The van der Waals surface area contributed by atoms with Crippen molar-refractivity contribution < 1.29 is 17.6 Å². The molecule has 0 aliphatic carbocycles. The fraction of sp³-hybridized carbons (Fsp3) is 0.250. The smallest absolute Gasteiger partial charge is 0.203 e. The SMILES string of the molecule is FC(F)C(F)(F)c1ccc(SCl)cc1. The fourth-order valence-corrected chi connectivity index (χ4v) is 1.40. The van der Waals surface area contributed by atoms with E-state index in [1.807, 2.05) is 0 Å². The van der Waals surface area contributed by atoms with Gasteiger partial charge >= 0.3 is 12.3 Å². The highest BCUT2D eigenvalue weighted by molar-refractivity contribution is 8.21. The molecule has 1 aromatic carbocycles. The molecule has 0 atom stereocenters. The van der Waals surface area contributed by atoms with Crippen LogP contribution in [0.25, 0.3) is 0 Å². The highest BCUT2D eigenvalue weighted by Gasteiger charge is 2.42. The van der Waals surface area contributed by atoms with Crippen molar-refractivity contribution in [3.63, 3.8) is 0 Å². The first-order valence-electron chi connectivity index (χ1n) is 3.53. The van der Waals surface area contributed by atoms with E-state index in [1.165, 1.54) is 12.1 Å². The maximum absolute atomic E-state index is 12.7. The number of hydrogen-bond acceptors (Lipinski definition) is 1. The summed E-state index contributed by atoms with van der Waals surface area (Å²) in [6.45, 7) is 0. The van der Waals surface area contributed by atoms with Gasteiger partial charge in [-0.2, -0.15) is 8.78 Å². The molecule has 78 valence electrons. The van der Waals surface area contributed by atoms with E-state index in [9.17, 15) is 17.6 Å². The van der Waals surface area contributed by atoms with Gasteiger partial charge < -0.3 is 0 Å². The molecule has 0 heterocycles. The van der Waals surface area contributed by atoms with Crippen molar-refractivity contribution in [3.8, 4) is 0 Å². The Kier molecular flexibility index (Phi) is 3.66.